The third-order valence-electron chi connectivity index (χ3n) is 5.52. The number of aromatic amines is 1. The zero-order valence-corrected chi connectivity index (χ0v) is 15.0. The largest absolute Gasteiger partial charge is 0.492 e. The van der Waals surface area contributed by atoms with Gasteiger partial charge in [-0.3, -0.25) is 9.89 Å². The molecule has 27 heavy (non-hydrogen) atoms. The molecule has 1 atom stereocenters. The molecule has 0 aliphatic carbocycles. The Morgan fingerprint density at radius 1 is 1.11 bits per heavy atom. The molecule has 0 unspecified atom stereocenters. The fourth-order valence-electron chi connectivity index (χ4n) is 4.06. The number of carbonyl (C=O) groups excluding carboxylic acids is 1. The second-order valence-electron chi connectivity index (χ2n) is 7.22. The molecule has 0 bridgehead atoms. The lowest BCUT2D eigenvalue weighted by Gasteiger charge is -2.32. The number of para-hydroxylation sites is 1. The Labute approximate surface area is 158 Å². The number of hydrogen-bond acceptors (Lipinski definition) is 3. The predicted molar refractivity (Wildman–Crippen MR) is 102 cm³/mol. The van der Waals surface area contributed by atoms with Gasteiger partial charge in [0.05, 0.1) is 11.6 Å². The summed E-state index contributed by atoms with van der Waals surface area (Å²) in [4.78, 5) is 15.1. The number of benzene rings is 2. The SMILES string of the molecule is O=C([C@@H]1COc2ccccc2C1)N1CCc2[nH]nc(-c3ccccc3)c2C1. The minimum Gasteiger partial charge on any atom is -0.492 e. The van der Waals surface area contributed by atoms with Crippen molar-refractivity contribution in [2.75, 3.05) is 13.2 Å². The molecule has 2 aromatic carbocycles. The number of nitrogens with zero attached hydrogens (tertiary/aromatic N) is 2. The summed E-state index contributed by atoms with van der Waals surface area (Å²) >= 11 is 0. The van der Waals surface area contributed by atoms with Crippen LogP contribution in [0.5, 0.6) is 5.75 Å². The van der Waals surface area contributed by atoms with E-state index in [1.165, 1.54) is 0 Å². The molecule has 5 rings (SSSR count). The fourth-order valence-corrected chi connectivity index (χ4v) is 4.06. The quantitative estimate of drug-likeness (QED) is 0.764. The highest BCUT2D eigenvalue weighted by molar-refractivity contribution is 5.80. The second-order valence-corrected chi connectivity index (χ2v) is 7.22. The highest BCUT2D eigenvalue weighted by Crippen LogP contribution is 2.31. The van der Waals surface area contributed by atoms with Gasteiger partial charge in [-0.2, -0.15) is 5.10 Å². The van der Waals surface area contributed by atoms with Crippen LogP contribution >= 0.6 is 0 Å². The first-order valence-corrected chi connectivity index (χ1v) is 9.40. The molecule has 136 valence electrons. The van der Waals surface area contributed by atoms with Gasteiger partial charge in [-0.05, 0) is 18.1 Å². The Hall–Kier alpha value is -3.08. The summed E-state index contributed by atoms with van der Waals surface area (Å²) in [7, 11) is 0. The van der Waals surface area contributed by atoms with Crippen molar-refractivity contribution in [1.29, 1.82) is 0 Å². The zero-order chi connectivity index (χ0) is 18.2. The van der Waals surface area contributed by atoms with Crippen LogP contribution in [0.15, 0.2) is 54.6 Å². The maximum absolute atomic E-state index is 13.2. The van der Waals surface area contributed by atoms with Gasteiger partial charge in [-0.1, -0.05) is 48.5 Å². The van der Waals surface area contributed by atoms with Crippen molar-refractivity contribution in [1.82, 2.24) is 15.1 Å². The predicted octanol–water partition coefficient (Wildman–Crippen LogP) is 3.21. The molecule has 3 aromatic rings. The Morgan fingerprint density at radius 2 is 1.93 bits per heavy atom. The molecule has 0 spiro atoms. The van der Waals surface area contributed by atoms with Gasteiger partial charge in [0, 0.05) is 36.3 Å². The van der Waals surface area contributed by atoms with Crippen LogP contribution in [0.2, 0.25) is 0 Å². The van der Waals surface area contributed by atoms with E-state index in [-0.39, 0.29) is 11.8 Å². The molecule has 1 N–H and O–H groups in total. The summed E-state index contributed by atoms with van der Waals surface area (Å²) in [6, 6.07) is 18.1. The van der Waals surface area contributed by atoms with Gasteiger partial charge in [0.15, 0.2) is 0 Å². The van der Waals surface area contributed by atoms with Crippen molar-refractivity contribution in [2.45, 2.75) is 19.4 Å². The molecule has 5 heteroatoms. The maximum Gasteiger partial charge on any atom is 0.229 e. The molecule has 2 aliphatic rings. The monoisotopic (exact) mass is 359 g/mol. The first-order valence-electron chi connectivity index (χ1n) is 9.40. The van der Waals surface area contributed by atoms with Crippen molar-refractivity contribution < 1.29 is 9.53 Å². The molecule has 5 nitrogen and oxygen atoms in total. The lowest BCUT2D eigenvalue weighted by atomic mass is 9.94. The molecule has 0 fully saturated rings. The fraction of sp³-hybridized carbons (Fsp3) is 0.273. The van der Waals surface area contributed by atoms with Gasteiger partial charge in [0.25, 0.3) is 0 Å². The van der Waals surface area contributed by atoms with Crippen LogP contribution in [0.1, 0.15) is 16.8 Å². The van der Waals surface area contributed by atoms with Crippen molar-refractivity contribution in [3.8, 4) is 17.0 Å². The van der Waals surface area contributed by atoms with E-state index >= 15 is 0 Å². The smallest absolute Gasteiger partial charge is 0.229 e. The van der Waals surface area contributed by atoms with E-state index < -0.39 is 0 Å². The summed E-state index contributed by atoms with van der Waals surface area (Å²) in [5.41, 5.74) is 5.43. The number of carbonyl (C=O) groups is 1. The zero-order valence-electron chi connectivity index (χ0n) is 15.0. The number of hydrogen-bond donors (Lipinski definition) is 1. The van der Waals surface area contributed by atoms with Gasteiger partial charge in [-0.15, -0.1) is 0 Å². The molecule has 1 aromatic heterocycles. The topological polar surface area (TPSA) is 58.2 Å². The molecule has 0 radical (unpaired) electrons. The van der Waals surface area contributed by atoms with Gasteiger partial charge >= 0.3 is 0 Å². The molecule has 2 aliphatic heterocycles. The van der Waals surface area contributed by atoms with Gasteiger partial charge in [-0.25, -0.2) is 0 Å². The van der Waals surface area contributed by atoms with Crippen LogP contribution in [0.4, 0.5) is 0 Å². The first kappa shape index (κ1) is 16.1. The molecule has 0 saturated carbocycles. The summed E-state index contributed by atoms with van der Waals surface area (Å²) in [5.74, 6) is 0.965. The summed E-state index contributed by atoms with van der Waals surface area (Å²) in [5, 5.41) is 7.68. The summed E-state index contributed by atoms with van der Waals surface area (Å²) in [6.45, 7) is 1.78. The molecule has 0 saturated heterocycles. The van der Waals surface area contributed by atoms with Crippen molar-refractivity contribution in [3.05, 3.63) is 71.4 Å². The normalized spacial score (nSPS) is 18.4. The number of ether oxygens (including phenoxy) is 1. The summed E-state index contributed by atoms with van der Waals surface area (Å²) < 4.78 is 5.83. The minimum atomic E-state index is -0.117. The van der Waals surface area contributed by atoms with Crippen LogP contribution < -0.4 is 4.74 Å². The number of fused-ring (bicyclic) bond motifs is 2. The van der Waals surface area contributed by atoms with E-state index in [0.29, 0.717) is 13.2 Å². The van der Waals surface area contributed by atoms with E-state index in [9.17, 15) is 4.79 Å². The lowest BCUT2D eigenvalue weighted by Crippen LogP contribution is -2.43. The Morgan fingerprint density at radius 3 is 2.81 bits per heavy atom. The van der Waals surface area contributed by atoms with E-state index in [1.807, 2.05) is 47.4 Å². The van der Waals surface area contributed by atoms with Crippen molar-refractivity contribution in [3.63, 3.8) is 0 Å². The van der Waals surface area contributed by atoms with E-state index in [0.717, 1.165) is 53.2 Å². The number of H-pyrrole nitrogens is 1. The average Bonchev–Trinajstić information content (AvgIpc) is 3.17. The maximum atomic E-state index is 13.2. The van der Waals surface area contributed by atoms with Crippen LogP contribution in [0.25, 0.3) is 11.3 Å². The van der Waals surface area contributed by atoms with Crippen LogP contribution in [0, 0.1) is 5.92 Å². The molecule has 1 amide bonds. The molecule has 3 heterocycles. The molecular formula is C22H21N3O2. The van der Waals surface area contributed by atoms with Crippen LogP contribution in [-0.4, -0.2) is 34.2 Å². The van der Waals surface area contributed by atoms with E-state index in [2.05, 4.69) is 22.3 Å². The van der Waals surface area contributed by atoms with E-state index in [4.69, 9.17) is 4.74 Å². The standard InChI is InChI=1S/C22H21N3O2/c26-22(17-12-16-8-4-5-9-20(16)27-14-17)25-11-10-19-18(13-25)21(24-23-19)15-6-2-1-3-7-15/h1-9,17H,10-14H2,(H,23,24)/t17-/m0/s1. The molecular weight excluding hydrogens is 338 g/mol. The highest BCUT2D eigenvalue weighted by Gasteiger charge is 2.32. The van der Waals surface area contributed by atoms with Gasteiger partial charge < -0.3 is 9.64 Å². The van der Waals surface area contributed by atoms with E-state index in [1.54, 1.807) is 0 Å². The minimum absolute atomic E-state index is 0.117. The van der Waals surface area contributed by atoms with Gasteiger partial charge in [0.2, 0.25) is 5.91 Å². The lowest BCUT2D eigenvalue weighted by molar-refractivity contribution is -0.137. The summed E-state index contributed by atoms with van der Waals surface area (Å²) in [6.07, 6.45) is 1.56. The third-order valence-corrected chi connectivity index (χ3v) is 5.52. The highest BCUT2D eigenvalue weighted by atomic mass is 16.5. The van der Waals surface area contributed by atoms with Crippen molar-refractivity contribution >= 4 is 5.91 Å². The number of aromatic nitrogens is 2. The Bertz CT molecular complexity index is 980. The average molecular weight is 359 g/mol. The number of rotatable bonds is 2. The van der Waals surface area contributed by atoms with Crippen LogP contribution in [0.3, 0.4) is 0 Å². The number of amides is 1. The second kappa shape index (κ2) is 6.58. The van der Waals surface area contributed by atoms with Gasteiger partial charge in [0.1, 0.15) is 12.4 Å². The van der Waals surface area contributed by atoms with Crippen LogP contribution in [-0.2, 0) is 24.2 Å². The third kappa shape index (κ3) is 2.89. The Kier molecular flexibility index (Phi) is 3.93. The first-order chi connectivity index (χ1) is 13.3. The van der Waals surface area contributed by atoms with Crippen molar-refractivity contribution in [2.24, 2.45) is 5.92 Å². The Balaban J connectivity index is 1.37. The number of nitrogens with one attached hydrogen (secondary N) is 1.